The van der Waals surface area contributed by atoms with Gasteiger partial charge in [0.1, 0.15) is 5.82 Å². The number of aromatic carboxylic acids is 1. The Kier molecular flexibility index (Phi) is 6.45. The van der Waals surface area contributed by atoms with Crippen molar-refractivity contribution < 1.29 is 23.8 Å². The van der Waals surface area contributed by atoms with E-state index in [0.717, 1.165) is 25.0 Å². The Morgan fingerprint density at radius 2 is 2.10 bits per heavy atom. The fourth-order valence-corrected chi connectivity index (χ4v) is 1.51. The molecule has 0 aliphatic carbocycles. The third-order valence-corrected chi connectivity index (χ3v) is 2.52. The SMILES string of the molecule is COCCCCNC(=O)Nc1ccc(C(=O)O)c(F)c1. The number of benzene rings is 1. The number of carbonyl (C=O) groups excluding carboxylic acids is 1. The molecule has 110 valence electrons. The second-order valence-corrected chi connectivity index (χ2v) is 4.08. The van der Waals surface area contributed by atoms with Crippen LogP contribution in [0.3, 0.4) is 0 Å². The minimum Gasteiger partial charge on any atom is -0.478 e. The number of halogens is 1. The van der Waals surface area contributed by atoms with Gasteiger partial charge in [-0.05, 0) is 31.0 Å². The van der Waals surface area contributed by atoms with Gasteiger partial charge in [-0.25, -0.2) is 14.0 Å². The predicted molar refractivity (Wildman–Crippen MR) is 71.5 cm³/mol. The summed E-state index contributed by atoms with van der Waals surface area (Å²) >= 11 is 0. The quantitative estimate of drug-likeness (QED) is 0.669. The van der Waals surface area contributed by atoms with E-state index in [4.69, 9.17) is 9.84 Å². The molecule has 0 aromatic heterocycles. The van der Waals surface area contributed by atoms with Gasteiger partial charge >= 0.3 is 12.0 Å². The molecule has 0 fully saturated rings. The second-order valence-electron chi connectivity index (χ2n) is 4.08. The monoisotopic (exact) mass is 284 g/mol. The van der Waals surface area contributed by atoms with Crippen LogP contribution in [0.25, 0.3) is 0 Å². The van der Waals surface area contributed by atoms with Crippen LogP contribution >= 0.6 is 0 Å². The molecule has 0 aliphatic heterocycles. The lowest BCUT2D eigenvalue weighted by molar-refractivity contribution is 0.0692. The van der Waals surface area contributed by atoms with E-state index in [0.29, 0.717) is 13.2 Å². The lowest BCUT2D eigenvalue weighted by Crippen LogP contribution is -2.29. The molecule has 3 N–H and O–H groups in total. The van der Waals surface area contributed by atoms with E-state index in [1.807, 2.05) is 0 Å². The topological polar surface area (TPSA) is 87.7 Å². The molecule has 0 aliphatic rings. The van der Waals surface area contributed by atoms with Crippen molar-refractivity contribution in [2.45, 2.75) is 12.8 Å². The summed E-state index contributed by atoms with van der Waals surface area (Å²) in [6.45, 7) is 1.11. The highest BCUT2D eigenvalue weighted by molar-refractivity contribution is 5.91. The van der Waals surface area contributed by atoms with E-state index in [-0.39, 0.29) is 5.69 Å². The highest BCUT2D eigenvalue weighted by Crippen LogP contribution is 2.14. The molecule has 0 saturated carbocycles. The van der Waals surface area contributed by atoms with Crippen LogP contribution in [0.5, 0.6) is 0 Å². The molecule has 0 bridgehead atoms. The van der Waals surface area contributed by atoms with Gasteiger partial charge in [-0.3, -0.25) is 0 Å². The molecule has 0 spiro atoms. The summed E-state index contributed by atoms with van der Waals surface area (Å²) in [4.78, 5) is 22.1. The first-order chi connectivity index (χ1) is 9.54. The number of ether oxygens (including phenoxy) is 1. The van der Waals surface area contributed by atoms with Crippen LogP contribution in [0.2, 0.25) is 0 Å². The van der Waals surface area contributed by atoms with Crippen molar-refractivity contribution in [1.82, 2.24) is 5.32 Å². The Morgan fingerprint density at radius 1 is 1.35 bits per heavy atom. The number of hydrogen-bond donors (Lipinski definition) is 3. The first-order valence-electron chi connectivity index (χ1n) is 6.11. The van der Waals surface area contributed by atoms with Gasteiger partial charge in [-0.15, -0.1) is 0 Å². The van der Waals surface area contributed by atoms with Crippen molar-refractivity contribution in [3.05, 3.63) is 29.6 Å². The number of nitrogens with one attached hydrogen (secondary N) is 2. The number of carbonyl (C=O) groups is 2. The smallest absolute Gasteiger partial charge is 0.338 e. The summed E-state index contributed by atoms with van der Waals surface area (Å²) in [5.41, 5.74) is -0.239. The number of rotatable bonds is 7. The molecule has 0 heterocycles. The third-order valence-electron chi connectivity index (χ3n) is 2.52. The number of carboxylic acids is 1. The fourth-order valence-electron chi connectivity index (χ4n) is 1.51. The zero-order chi connectivity index (χ0) is 15.0. The molecule has 7 heteroatoms. The van der Waals surface area contributed by atoms with Crippen LogP contribution in [0, 0.1) is 5.82 Å². The number of carboxylic acid groups (broad SMARTS) is 1. The minimum absolute atomic E-state index is 0.196. The maximum Gasteiger partial charge on any atom is 0.338 e. The maximum atomic E-state index is 13.4. The normalized spacial score (nSPS) is 10.1. The Bertz CT molecular complexity index is 479. The first kappa shape index (κ1) is 15.9. The van der Waals surface area contributed by atoms with Gasteiger partial charge in [0, 0.05) is 25.9 Å². The predicted octanol–water partition coefficient (Wildman–Crippen LogP) is 2.07. The van der Waals surface area contributed by atoms with Gasteiger partial charge in [-0.2, -0.15) is 0 Å². The van der Waals surface area contributed by atoms with Gasteiger partial charge in [0.05, 0.1) is 5.56 Å². The summed E-state index contributed by atoms with van der Waals surface area (Å²) < 4.78 is 18.2. The van der Waals surface area contributed by atoms with Crippen molar-refractivity contribution in [2.75, 3.05) is 25.6 Å². The molecule has 6 nitrogen and oxygen atoms in total. The average molecular weight is 284 g/mol. The summed E-state index contributed by atoms with van der Waals surface area (Å²) in [7, 11) is 1.61. The summed E-state index contributed by atoms with van der Waals surface area (Å²) in [6, 6.07) is 2.93. The maximum absolute atomic E-state index is 13.4. The fraction of sp³-hybridized carbons (Fsp3) is 0.385. The van der Waals surface area contributed by atoms with Crippen molar-refractivity contribution >= 4 is 17.7 Å². The van der Waals surface area contributed by atoms with Gasteiger partial charge in [0.2, 0.25) is 0 Å². The molecular weight excluding hydrogens is 267 g/mol. The molecule has 0 radical (unpaired) electrons. The first-order valence-corrected chi connectivity index (χ1v) is 6.11. The van der Waals surface area contributed by atoms with Gasteiger partial charge in [-0.1, -0.05) is 0 Å². The van der Waals surface area contributed by atoms with Crippen molar-refractivity contribution in [2.24, 2.45) is 0 Å². The van der Waals surface area contributed by atoms with E-state index in [1.54, 1.807) is 7.11 Å². The van der Waals surface area contributed by atoms with Gasteiger partial charge in [0.25, 0.3) is 0 Å². The Morgan fingerprint density at radius 3 is 2.70 bits per heavy atom. The lowest BCUT2D eigenvalue weighted by Gasteiger charge is -2.08. The van der Waals surface area contributed by atoms with E-state index in [9.17, 15) is 14.0 Å². The molecule has 2 amide bonds. The number of amides is 2. The molecule has 0 saturated heterocycles. The van der Waals surface area contributed by atoms with Crippen molar-refractivity contribution in [3.8, 4) is 0 Å². The molecule has 1 rings (SSSR count). The number of unbranched alkanes of at least 4 members (excludes halogenated alkanes) is 1. The molecule has 1 aromatic rings. The van der Waals surface area contributed by atoms with Crippen LogP contribution in [0.1, 0.15) is 23.2 Å². The highest BCUT2D eigenvalue weighted by Gasteiger charge is 2.11. The third kappa shape index (κ3) is 5.23. The molecule has 0 atom stereocenters. The molecule has 0 unspecified atom stereocenters. The van der Waals surface area contributed by atoms with Crippen molar-refractivity contribution in [3.63, 3.8) is 0 Å². The van der Waals surface area contributed by atoms with E-state index < -0.39 is 23.4 Å². The summed E-state index contributed by atoms with van der Waals surface area (Å²) in [5.74, 6) is -2.24. The Labute approximate surface area is 115 Å². The van der Waals surface area contributed by atoms with E-state index in [1.165, 1.54) is 6.07 Å². The lowest BCUT2D eigenvalue weighted by atomic mass is 10.2. The Hall–Kier alpha value is -2.15. The van der Waals surface area contributed by atoms with Crippen LogP contribution in [0.15, 0.2) is 18.2 Å². The van der Waals surface area contributed by atoms with Crippen LogP contribution in [0.4, 0.5) is 14.9 Å². The van der Waals surface area contributed by atoms with Crippen molar-refractivity contribution in [1.29, 1.82) is 0 Å². The minimum atomic E-state index is -1.35. The Balaban J connectivity index is 2.42. The van der Waals surface area contributed by atoms with Crippen LogP contribution < -0.4 is 10.6 Å². The average Bonchev–Trinajstić information content (AvgIpc) is 2.38. The van der Waals surface area contributed by atoms with Gasteiger partial charge < -0.3 is 20.5 Å². The zero-order valence-corrected chi connectivity index (χ0v) is 11.1. The van der Waals surface area contributed by atoms with Crippen LogP contribution in [-0.4, -0.2) is 37.4 Å². The van der Waals surface area contributed by atoms with E-state index in [2.05, 4.69) is 10.6 Å². The number of hydrogen-bond acceptors (Lipinski definition) is 3. The second kappa shape index (κ2) is 8.11. The number of anilines is 1. The molecule has 1 aromatic carbocycles. The highest BCUT2D eigenvalue weighted by atomic mass is 19.1. The van der Waals surface area contributed by atoms with E-state index >= 15 is 0 Å². The standard InChI is InChI=1S/C13H17FN2O4/c1-20-7-3-2-6-15-13(19)16-9-4-5-10(12(17)18)11(14)8-9/h4-5,8H,2-3,6-7H2,1H3,(H,17,18)(H2,15,16,19). The zero-order valence-electron chi connectivity index (χ0n) is 11.1. The van der Waals surface area contributed by atoms with Crippen LogP contribution in [-0.2, 0) is 4.74 Å². The summed E-state index contributed by atoms with van der Waals surface area (Å²) in [5, 5.41) is 13.7. The largest absolute Gasteiger partial charge is 0.478 e. The number of urea groups is 1. The number of methoxy groups -OCH3 is 1. The molecule has 20 heavy (non-hydrogen) atoms. The molecular formula is C13H17FN2O4. The summed E-state index contributed by atoms with van der Waals surface area (Å²) in [6.07, 6.45) is 1.60. The van der Waals surface area contributed by atoms with Gasteiger partial charge in [0.15, 0.2) is 0 Å².